The summed E-state index contributed by atoms with van der Waals surface area (Å²) in [6.45, 7) is 5.40. The van der Waals surface area contributed by atoms with Gasteiger partial charge in [-0.25, -0.2) is 4.79 Å². The highest BCUT2D eigenvalue weighted by Gasteiger charge is 2.47. The zero-order valence-corrected chi connectivity index (χ0v) is 29.5. The van der Waals surface area contributed by atoms with Gasteiger partial charge in [-0.15, -0.1) is 11.8 Å². The third kappa shape index (κ3) is 12.9. The number of hydrogen-bond donors (Lipinski definition) is 0. The lowest BCUT2D eigenvalue weighted by Crippen LogP contribution is -2.33. The van der Waals surface area contributed by atoms with Gasteiger partial charge in [0.15, 0.2) is 12.6 Å². The van der Waals surface area contributed by atoms with E-state index in [2.05, 4.69) is 30.6 Å². The monoisotopic (exact) mass is 678 g/mol. The number of Topliss-reactive ketones (excluding diaryl/α,β-unsaturated/α-hetero) is 1. The second kappa shape index (κ2) is 21.1. The Labute approximate surface area is 292 Å². The number of carbonyl (C=O) groups is 3. The third-order valence-corrected chi connectivity index (χ3v) is 9.39. The first-order valence-electron chi connectivity index (χ1n) is 18.2. The Balaban J connectivity index is 1.61. The van der Waals surface area contributed by atoms with Crippen molar-refractivity contribution in [3.05, 3.63) is 35.9 Å². The summed E-state index contributed by atoms with van der Waals surface area (Å²) in [5, 5.41) is 0. The topological polar surface area (TPSA) is 107 Å². The highest BCUT2D eigenvalue weighted by molar-refractivity contribution is 5.89. The average molecular weight is 679 g/mol. The molecule has 2 aliphatic heterocycles. The molecule has 0 N–H and O–H groups in total. The van der Waals surface area contributed by atoms with Crippen LogP contribution in [0.3, 0.4) is 0 Å². The van der Waals surface area contributed by atoms with Crippen LogP contribution >= 0.6 is 0 Å². The van der Waals surface area contributed by atoms with Crippen LogP contribution in [0.4, 0.5) is 0 Å². The number of ether oxygens (including phenoxy) is 6. The van der Waals surface area contributed by atoms with Crippen LogP contribution in [0.1, 0.15) is 114 Å². The summed E-state index contributed by atoms with van der Waals surface area (Å²) >= 11 is 0. The molecule has 8 atom stereocenters. The fraction of sp³-hybridized carbons (Fsp3) is 0.675. The first-order valence-corrected chi connectivity index (χ1v) is 18.2. The van der Waals surface area contributed by atoms with Gasteiger partial charge >= 0.3 is 11.9 Å². The molecule has 2 unspecified atom stereocenters. The van der Waals surface area contributed by atoms with E-state index in [1.807, 2.05) is 13.0 Å². The van der Waals surface area contributed by atoms with Crippen LogP contribution in [-0.2, 0) is 38.0 Å². The molecule has 1 saturated carbocycles. The lowest BCUT2D eigenvalue weighted by molar-refractivity contribution is -0.192. The summed E-state index contributed by atoms with van der Waals surface area (Å²) in [6.07, 6.45) is 7.13. The highest BCUT2D eigenvalue weighted by atomic mass is 16.7. The summed E-state index contributed by atoms with van der Waals surface area (Å²) in [5.74, 6) is 11.8. The van der Waals surface area contributed by atoms with E-state index in [1.165, 1.54) is 7.11 Å². The van der Waals surface area contributed by atoms with Crippen LogP contribution in [0.25, 0.3) is 0 Å². The van der Waals surface area contributed by atoms with E-state index in [1.54, 1.807) is 24.3 Å². The molecule has 1 aromatic rings. The third-order valence-electron chi connectivity index (χ3n) is 9.39. The highest BCUT2D eigenvalue weighted by Crippen LogP contribution is 2.41. The summed E-state index contributed by atoms with van der Waals surface area (Å²) in [5.41, 5.74) is 0.445. The SMILES string of the molecule is CCC#CC[C@H](C)[C@@H](C#C[C@@H]1[C@@H](CC(=O)CCCCC(=O)OC)[C@@H](OC(=O)c2ccccc2)C[C@H]1OC1CCCCO1)OC1CCCCO1. The van der Waals surface area contributed by atoms with E-state index in [4.69, 9.17) is 28.4 Å². The molecule has 0 bridgehead atoms. The van der Waals surface area contributed by atoms with E-state index in [0.717, 1.165) is 44.9 Å². The summed E-state index contributed by atoms with van der Waals surface area (Å²) in [6, 6.07) is 8.88. The first kappa shape index (κ1) is 38.6. The number of unbranched alkanes of at least 4 members (excludes halogenated alkanes) is 1. The predicted molar refractivity (Wildman–Crippen MR) is 184 cm³/mol. The average Bonchev–Trinajstić information content (AvgIpc) is 3.43. The molecule has 2 heterocycles. The minimum absolute atomic E-state index is 0.0149. The number of benzene rings is 1. The Morgan fingerprint density at radius 1 is 0.918 bits per heavy atom. The predicted octanol–water partition coefficient (Wildman–Crippen LogP) is 6.81. The Kier molecular flexibility index (Phi) is 16.6. The van der Waals surface area contributed by atoms with Crippen LogP contribution in [0.5, 0.6) is 0 Å². The molecule has 1 aliphatic carbocycles. The summed E-state index contributed by atoms with van der Waals surface area (Å²) in [7, 11) is 1.36. The maximum atomic E-state index is 13.5. The summed E-state index contributed by atoms with van der Waals surface area (Å²) in [4.78, 5) is 38.4. The molecule has 0 amide bonds. The fourth-order valence-electron chi connectivity index (χ4n) is 6.58. The van der Waals surface area contributed by atoms with Crippen molar-refractivity contribution in [3.63, 3.8) is 0 Å². The minimum Gasteiger partial charge on any atom is -0.469 e. The van der Waals surface area contributed by atoms with E-state index in [0.29, 0.717) is 50.9 Å². The van der Waals surface area contributed by atoms with Gasteiger partial charge in [0.05, 0.1) is 24.7 Å². The van der Waals surface area contributed by atoms with Gasteiger partial charge < -0.3 is 28.4 Å². The van der Waals surface area contributed by atoms with Crippen LogP contribution < -0.4 is 0 Å². The number of methoxy groups -OCH3 is 1. The van der Waals surface area contributed by atoms with Gasteiger partial charge in [-0.05, 0) is 63.5 Å². The van der Waals surface area contributed by atoms with Gasteiger partial charge in [-0.2, -0.15) is 0 Å². The Morgan fingerprint density at radius 3 is 2.31 bits per heavy atom. The van der Waals surface area contributed by atoms with Crippen molar-refractivity contribution in [3.8, 4) is 23.7 Å². The van der Waals surface area contributed by atoms with Crippen molar-refractivity contribution in [2.45, 2.75) is 135 Å². The van der Waals surface area contributed by atoms with Crippen LogP contribution in [0.15, 0.2) is 30.3 Å². The quantitative estimate of drug-likeness (QED) is 0.112. The molecule has 268 valence electrons. The maximum Gasteiger partial charge on any atom is 0.338 e. The molecule has 49 heavy (non-hydrogen) atoms. The molecule has 9 nitrogen and oxygen atoms in total. The van der Waals surface area contributed by atoms with Gasteiger partial charge in [-0.3, -0.25) is 9.59 Å². The maximum absolute atomic E-state index is 13.5. The molecule has 3 aliphatic rings. The van der Waals surface area contributed by atoms with Gasteiger partial charge in [0, 0.05) is 63.6 Å². The number of rotatable bonds is 15. The number of carbonyl (C=O) groups excluding carboxylic acids is 3. The van der Waals surface area contributed by atoms with Crippen LogP contribution in [0, 0.1) is 41.4 Å². The van der Waals surface area contributed by atoms with Crippen molar-refractivity contribution >= 4 is 17.7 Å². The molecule has 0 radical (unpaired) electrons. The lowest BCUT2D eigenvalue weighted by Gasteiger charge is -2.29. The first-order chi connectivity index (χ1) is 23.9. The molecule has 3 fully saturated rings. The van der Waals surface area contributed by atoms with E-state index in [-0.39, 0.29) is 43.1 Å². The molecule has 4 rings (SSSR count). The second-order valence-electron chi connectivity index (χ2n) is 13.3. The van der Waals surface area contributed by atoms with Crippen LogP contribution in [0.2, 0.25) is 0 Å². The van der Waals surface area contributed by atoms with E-state index < -0.39 is 36.1 Å². The largest absolute Gasteiger partial charge is 0.469 e. The Hall–Kier alpha value is -3.21. The van der Waals surface area contributed by atoms with Gasteiger partial charge in [0.1, 0.15) is 18.0 Å². The van der Waals surface area contributed by atoms with E-state index in [9.17, 15) is 14.4 Å². The molecule has 0 aromatic heterocycles. The molecular weight excluding hydrogens is 624 g/mol. The molecule has 2 saturated heterocycles. The zero-order chi connectivity index (χ0) is 34.8. The van der Waals surface area contributed by atoms with Crippen molar-refractivity contribution < 1.29 is 42.8 Å². The second-order valence-corrected chi connectivity index (χ2v) is 13.3. The lowest BCUT2D eigenvalue weighted by atomic mass is 9.87. The standard InChI is InChI=1S/C40H54O9/c1-4-5-7-16-29(2)34(47-38-21-12-14-25-45-38)24-23-32-33(27-31(41)19-10-11-20-37(42)44-3)36(49-40(43)30-17-8-6-9-18-30)28-35(32)48-39-22-13-15-26-46-39/h6,8-9,17-18,29,32-36,38-39H,4,10-16,19-22,25-28H2,1-3H3/t29-,32+,33+,34+,35+,36-,38?,39?/m0/s1. The van der Waals surface area contributed by atoms with Crippen molar-refractivity contribution in [1.82, 2.24) is 0 Å². The van der Waals surface area contributed by atoms with Crippen molar-refractivity contribution in [2.75, 3.05) is 20.3 Å². The molecule has 1 aromatic carbocycles. The van der Waals surface area contributed by atoms with Gasteiger partial charge in [0.2, 0.25) is 0 Å². The number of hydrogen-bond acceptors (Lipinski definition) is 9. The minimum atomic E-state index is -0.589. The zero-order valence-electron chi connectivity index (χ0n) is 29.5. The number of ketones is 1. The van der Waals surface area contributed by atoms with Crippen molar-refractivity contribution in [2.24, 2.45) is 17.8 Å². The molecule has 9 heteroatoms. The van der Waals surface area contributed by atoms with Gasteiger partial charge in [-0.1, -0.05) is 43.9 Å². The number of esters is 2. The van der Waals surface area contributed by atoms with Crippen LogP contribution in [-0.4, -0.2) is 68.9 Å². The van der Waals surface area contributed by atoms with E-state index >= 15 is 0 Å². The summed E-state index contributed by atoms with van der Waals surface area (Å²) < 4.78 is 35.8. The smallest absolute Gasteiger partial charge is 0.338 e. The normalized spacial score (nSPS) is 26.3. The van der Waals surface area contributed by atoms with Gasteiger partial charge in [0.25, 0.3) is 0 Å². The Morgan fingerprint density at radius 2 is 1.63 bits per heavy atom. The molecular formula is C40H54O9. The van der Waals surface area contributed by atoms with Crippen molar-refractivity contribution in [1.29, 1.82) is 0 Å². The fourth-order valence-corrected chi connectivity index (χ4v) is 6.58. The molecule has 0 spiro atoms. The Bertz CT molecular complexity index is 1290.